The first-order chi connectivity index (χ1) is 9.63. The Labute approximate surface area is 118 Å². The van der Waals surface area contributed by atoms with Crippen LogP contribution in [-0.4, -0.2) is 37.4 Å². The molecule has 1 aromatic carbocycles. The summed E-state index contributed by atoms with van der Waals surface area (Å²) in [6, 6.07) is 5.46. The van der Waals surface area contributed by atoms with Crippen molar-refractivity contribution in [3.05, 3.63) is 23.8 Å². The van der Waals surface area contributed by atoms with E-state index in [1.165, 1.54) is 0 Å². The van der Waals surface area contributed by atoms with Crippen LogP contribution in [0.5, 0.6) is 11.5 Å². The van der Waals surface area contributed by atoms with Crippen molar-refractivity contribution in [2.24, 2.45) is 0 Å². The Morgan fingerprint density at radius 1 is 1.15 bits per heavy atom. The van der Waals surface area contributed by atoms with Gasteiger partial charge in [-0.15, -0.1) is 0 Å². The van der Waals surface area contributed by atoms with Crippen LogP contribution in [0.15, 0.2) is 18.2 Å². The highest BCUT2D eigenvalue weighted by molar-refractivity contribution is 5.88. The van der Waals surface area contributed by atoms with Gasteiger partial charge < -0.3 is 14.4 Å². The number of methoxy groups -OCH3 is 2. The van der Waals surface area contributed by atoms with Gasteiger partial charge in [0.2, 0.25) is 5.91 Å². The van der Waals surface area contributed by atoms with E-state index in [4.69, 9.17) is 9.47 Å². The van der Waals surface area contributed by atoms with Crippen molar-refractivity contribution in [1.82, 2.24) is 4.90 Å². The van der Waals surface area contributed by atoms with Gasteiger partial charge in [0, 0.05) is 31.0 Å². The lowest BCUT2D eigenvalue weighted by Crippen LogP contribution is -2.32. The number of benzene rings is 1. The van der Waals surface area contributed by atoms with Gasteiger partial charge in [-0.1, -0.05) is 0 Å². The monoisotopic (exact) mass is 277 g/mol. The SMILES string of the molecule is COc1ccc(CN2CC(=O)CCCC2=O)c(OC)c1. The van der Waals surface area contributed by atoms with Crippen molar-refractivity contribution in [3.8, 4) is 11.5 Å². The van der Waals surface area contributed by atoms with E-state index in [-0.39, 0.29) is 18.2 Å². The summed E-state index contributed by atoms with van der Waals surface area (Å²) < 4.78 is 10.5. The predicted octanol–water partition coefficient (Wildman–Crippen LogP) is 1.79. The van der Waals surface area contributed by atoms with Crippen LogP contribution in [0, 0.1) is 0 Å². The van der Waals surface area contributed by atoms with Crippen LogP contribution in [0.25, 0.3) is 0 Å². The molecule has 1 saturated heterocycles. The fourth-order valence-electron chi connectivity index (χ4n) is 2.31. The van der Waals surface area contributed by atoms with Crippen LogP contribution in [0.3, 0.4) is 0 Å². The summed E-state index contributed by atoms with van der Waals surface area (Å²) >= 11 is 0. The second kappa shape index (κ2) is 6.41. The molecule has 1 heterocycles. The molecule has 1 fully saturated rings. The number of likely N-dealkylation sites (tertiary alicyclic amines) is 1. The topological polar surface area (TPSA) is 55.8 Å². The highest BCUT2D eigenvalue weighted by Gasteiger charge is 2.22. The van der Waals surface area contributed by atoms with E-state index >= 15 is 0 Å². The largest absolute Gasteiger partial charge is 0.497 e. The third kappa shape index (κ3) is 3.29. The molecule has 108 valence electrons. The lowest BCUT2D eigenvalue weighted by Gasteiger charge is -2.21. The molecular formula is C15H19NO4. The molecule has 1 aromatic rings. The molecule has 0 radical (unpaired) electrons. The van der Waals surface area contributed by atoms with Gasteiger partial charge in [0.05, 0.1) is 20.8 Å². The van der Waals surface area contributed by atoms with Gasteiger partial charge in [0.25, 0.3) is 0 Å². The van der Waals surface area contributed by atoms with Crippen molar-refractivity contribution in [3.63, 3.8) is 0 Å². The maximum absolute atomic E-state index is 12.0. The van der Waals surface area contributed by atoms with Crippen molar-refractivity contribution < 1.29 is 19.1 Å². The van der Waals surface area contributed by atoms with Crippen LogP contribution in [0.1, 0.15) is 24.8 Å². The molecule has 5 nitrogen and oxygen atoms in total. The molecule has 1 aliphatic heterocycles. The minimum atomic E-state index is 0.0220. The molecule has 0 saturated carbocycles. The zero-order valence-corrected chi connectivity index (χ0v) is 11.8. The Balaban J connectivity index is 2.19. The third-order valence-electron chi connectivity index (χ3n) is 3.42. The number of hydrogen-bond donors (Lipinski definition) is 0. The molecule has 1 amide bonds. The van der Waals surface area contributed by atoms with Crippen LogP contribution < -0.4 is 9.47 Å². The second-order valence-electron chi connectivity index (χ2n) is 4.82. The molecule has 0 spiro atoms. The molecule has 2 rings (SSSR count). The van der Waals surface area contributed by atoms with Crippen molar-refractivity contribution in [2.75, 3.05) is 20.8 Å². The van der Waals surface area contributed by atoms with E-state index in [1.54, 1.807) is 25.2 Å². The number of ether oxygens (including phenoxy) is 2. The molecule has 0 N–H and O–H groups in total. The average Bonchev–Trinajstić information content (AvgIpc) is 2.61. The third-order valence-corrected chi connectivity index (χ3v) is 3.42. The van der Waals surface area contributed by atoms with E-state index in [0.717, 1.165) is 5.56 Å². The zero-order valence-electron chi connectivity index (χ0n) is 11.8. The second-order valence-corrected chi connectivity index (χ2v) is 4.82. The van der Waals surface area contributed by atoms with Gasteiger partial charge in [-0.3, -0.25) is 9.59 Å². The van der Waals surface area contributed by atoms with Gasteiger partial charge in [0.1, 0.15) is 11.5 Å². The smallest absolute Gasteiger partial charge is 0.223 e. The van der Waals surface area contributed by atoms with E-state index in [1.807, 2.05) is 12.1 Å². The Kier molecular flexibility index (Phi) is 4.61. The summed E-state index contributed by atoms with van der Waals surface area (Å²) in [5, 5.41) is 0. The van der Waals surface area contributed by atoms with E-state index < -0.39 is 0 Å². The van der Waals surface area contributed by atoms with Crippen molar-refractivity contribution in [2.45, 2.75) is 25.8 Å². The fraction of sp³-hybridized carbons (Fsp3) is 0.467. The summed E-state index contributed by atoms with van der Waals surface area (Å²) in [7, 11) is 3.17. The Hall–Kier alpha value is -2.04. The summed E-state index contributed by atoms with van der Waals surface area (Å²) in [5.41, 5.74) is 0.872. The molecule has 0 aromatic heterocycles. The number of ketones is 1. The Morgan fingerprint density at radius 3 is 2.65 bits per heavy atom. The van der Waals surface area contributed by atoms with Crippen molar-refractivity contribution >= 4 is 11.7 Å². The van der Waals surface area contributed by atoms with Crippen molar-refractivity contribution in [1.29, 1.82) is 0 Å². The number of Topliss-reactive ketones (excluding diaryl/α,β-unsaturated/α-hetero) is 1. The standard InChI is InChI=1S/C15H19NO4/c1-19-13-7-6-11(14(8-13)20-2)9-16-10-12(17)4-3-5-15(16)18/h6-8H,3-5,9-10H2,1-2H3. The predicted molar refractivity (Wildman–Crippen MR) is 73.8 cm³/mol. The molecule has 0 aliphatic carbocycles. The van der Waals surface area contributed by atoms with Gasteiger partial charge >= 0.3 is 0 Å². The summed E-state index contributed by atoms with van der Waals surface area (Å²) in [6.45, 7) is 0.575. The fourth-order valence-corrected chi connectivity index (χ4v) is 2.31. The Bertz CT molecular complexity index is 513. The van der Waals surface area contributed by atoms with E-state index in [9.17, 15) is 9.59 Å². The molecule has 20 heavy (non-hydrogen) atoms. The average molecular weight is 277 g/mol. The summed E-state index contributed by atoms with van der Waals surface area (Å²) in [4.78, 5) is 25.2. The number of hydrogen-bond acceptors (Lipinski definition) is 4. The lowest BCUT2D eigenvalue weighted by atomic mass is 10.1. The maximum Gasteiger partial charge on any atom is 0.223 e. The molecule has 0 atom stereocenters. The highest BCUT2D eigenvalue weighted by Crippen LogP contribution is 2.26. The van der Waals surface area contributed by atoms with E-state index in [2.05, 4.69) is 0 Å². The quantitative estimate of drug-likeness (QED) is 0.842. The van der Waals surface area contributed by atoms with Gasteiger partial charge in [0.15, 0.2) is 5.78 Å². The maximum atomic E-state index is 12.0. The minimum Gasteiger partial charge on any atom is -0.497 e. The first kappa shape index (κ1) is 14.4. The van der Waals surface area contributed by atoms with Crippen LogP contribution in [0.4, 0.5) is 0 Å². The molecule has 1 aliphatic rings. The van der Waals surface area contributed by atoms with Crippen LogP contribution >= 0.6 is 0 Å². The molecule has 0 unspecified atom stereocenters. The molecule has 0 bridgehead atoms. The van der Waals surface area contributed by atoms with E-state index in [0.29, 0.717) is 37.3 Å². The summed E-state index contributed by atoms with van der Waals surface area (Å²) in [5.74, 6) is 1.50. The first-order valence-electron chi connectivity index (χ1n) is 6.64. The zero-order chi connectivity index (χ0) is 14.5. The highest BCUT2D eigenvalue weighted by atomic mass is 16.5. The number of carbonyl (C=O) groups is 2. The normalized spacial score (nSPS) is 16.0. The number of carbonyl (C=O) groups excluding carboxylic acids is 2. The van der Waals surface area contributed by atoms with Crippen LogP contribution in [0.2, 0.25) is 0 Å². The molecule has 5 heteroatoms. The van der Waals surface area contributed by atoms with Crippen LogP contribution in [-0.2, 0) is 16.1 Å². The summed E-state index contributed by atoms with van der Waals surface area (Å²) in [6.07, 6.45) is 1.57. The van der Waals surface area contributed by atoms with Gasteiger partial charge in [-0.05, 0) is 18.6 Å². The Morgan fingerprint density at radius 2 is 1.95 bits per heavy atom. The van der Waals surface area contributed by atoms with Gasteiger partial charge in [-0.2, -0.15) is 0 Å². The minimum absolute atomic E-state index is 0.0220. The number of rotatable bonds is 4. The van der Waals surface area contributed by atoms with Gasteiger partial charge in [-0.25, -0.2) is 0 Å². The first-order valence-corrected chi connectivity index (χ1v) is 6.64. The number of amides is 1. The lowest BCUT2D eigenvalue weighted by molar-refractivity contribution is -0.134. The molecular weight excluding hydrogens is 258 g/mol. The number of nitrogens with zero attached hydrogens (tertiary/aromatic N) is 1.